The fraction of sp³-hybridized carbons (Fsp3) is 0.333. The van der Waals surface area contributed by atoms with Gasteiger partial charge in [0.15, 0.2) is 0 Å². The summed E-state index contributed by atoms with van der Waals surface area (Å²) in [5.74, 6) is 0.912. The highest BCUT2D eigenvalue weighted by molar-refractivity contribution is 5.27. The fourth-order valence-electron chi connectivity index (χ4n) is 2.20. The van der Waals surface area contributed by atoms with Gasteiger partial charge in [0.05, 0.1) is 7.11 Å². The lowest BCUT2D eigenvalue weighted by molar-refractivity contribution is 0.414. The van der Waals surface area contributed by atoms with Crippen LogP contribution in [-0.4, -0.2) is 13.7 Å². The number of benzene rings is 2. The van der Waals surface area contributed by atoms with Gasteiger partial charge in [-0.15, -0.1) is 0 Å². The summed E-state index contributed by atoms with van der Waals surface area (Å²) in [6.07, 6.45) is 1.03. The molecule has 1 atom stereocenters. The van der Waals surface area contributed by atoms with Crippen LogP contribution in [-0.2, 0) is 6.42 Å². The summed E-state index contributed by atoms with van der Waals surface area (Å²) in [4.78, 5) is 0. The number of ether oxygens (including phenoxy) is 1. The Hall–Kier alpha value is -1.80. The minimum absolute atomic E-state index is 0.383. The van der Waals surface area contributed by atoms with Crippen LogP contribution < -0.4 is 10.1 Å². The summed E-state index contributed by atoms with van der Waals surface area (Å²) in [5.41, 5.74) is 3.97. The third kappa shape index (κ3) is 4.10. The van der Waals surface area contributed by atoms with Crippen LogP contribution in [0.5, 0.6) is 5.75 Å². The van der Waals surface area contributed by atoms with Crippen LogP contribution in [0.3, 0.4) is 0 Å². The van der Waals surface area contributed by atoms with E-state index in [-0.39, 0.29) is 0 Å². The van der Waals surface area contributed by atoms with E-state index in [4.69, 9.17) is 4.74 Å². The second-order valence-electron chi connectivity index (χ2n) is 5.18. The van der Waals surface area contributed by atoms with E-state index in [0.29, 0.717) is 6.04 Å². The highest BCUT2D eigenvalue weighted by atomic mass is 16.5. The molecule has 20 heavy (non-hydrogen) atoms. The first-order valence-corrected chi connectivity index (χ1v) is 7.12. The SMILES string of the molecule is COc1ccc(CCN[C@@H](C)c2ccc(C)cc2)cc1. The summed E-state index contributed by atoms with van der Waals surface area (Å²) in [7, 11) is 1.69. The summed E-state index contributed by atoms with van der Waals surface area (Å²) in [6.45, 7) is 5.30. The molecule has 2 heteroatoms. The Balaban J connectivity index is 1.81. The smallest absolute Gasteiger partial charge is 0.118 e. The molecule has 2 aromatic rings. The van der Waals surface area contributed by atoms with Crippen LogP contribution in [0.4, 0.5) is 0 Å². The van der Waals surface area contributed by atoms with Crippen molar-refractivity contribution in [3.8, 4) is 5.75 Å². The van der Waals surface area contributed by atoms with Gasteiger partial charge in [0.1, 0.15) is 5.75 Å². The molecular formula is C18H23NO. The Labute approximate surface area is 121 Å². The predicted molar refractivity (Wildman–Crippen MR) is 84.3 cm³/mol. The molecule has 0 amide bonds. The molecular weight excluding hydrogens is 246 g/mol. The van der Waals surface area contributed by atoms with Gasteiger partial charge in [-0.1, -0.05) is 42.0 Å². The lowest BCUT2D eigenvalue weighted by Crippen LogP contribution is -2.21. The molecule has 0 heterocycles. The second kappa shape index (κ2) is 7.11. The molecule has 0 aliphatic heterocycles. The van der Waals surface area contributed by atoms with Gasteiger partial charge in [-0.3, -0.25) is 0 Å². The van der Waals surface area contributed by atoms with E-state index in [1.165, 1.54) is 16.7 Å². The minimum atomic E-state index is 0.383. The van der Waals surface area contributed by atoms with Crippen LogP contribution in [0.15, 0.2) is 48.5 Å². The first-order valence-electron chi connectivity index (χ1n) is 7.12. The number of hydrogen-bond acceptors (Lipinski definition) is 2. The number of aryl methyl sites for hydroxylation is 1. The van der Waals surface area contributed by atoms with Gasteiger partial charge >= 0.3 is 0 Å². The largest absolute Gasteiger partial charge is 0.497 e. The quantitative estimate of drug-likeness (QED) is 0.859. The average molecular weight is 269 g/mol. The predicted octanol–water partition coefficient (Wildman–Crippen LogP) is 3.90. The van der Waals surface area contributed by atoms with Gasteiger partial charge < -0.3 is 10.1 Å². The molecule has 0 radical (unpaired) electrons. The van der Waals surface area contributed by atoms with Gasteiger partial charge in [0.25, 0.3) is 0 Å². The van der Waals surface area contributed by atoms with Crippen molar-refractivity contribution in [1.82, 2.24) is 5.32 Å². The molecule has 0 saturated carbocycles. The maximum absolute atomic E-state index is 5.16. The molecule has 2 nitrogen and oxygen atoms in total. The molecule has 0 aliphatic rings. The van der Waals surface area contributed by atoms with Gasteiger partial charge in [0, 0.05) is 6.04 Å². The molecule has 0 bridgehead atoms. The van der Waals surface area contributed by atoms with Crippen LogP contribution in [0.2, 0.25) is 0 Å². The molecule has 106 valence electrons. The van der Waals surface area contributed by atoms with E-state index in [1.54, 1.807) is 7.11 Å². The van der Waals surface area contributed by atoms with Crippen LogP contribution in [0.25, 0.3) is 0 Å². The van der Waals surface area contributed by atoms with Crippen molar-refractivity contribution in [3.05, 3.63) is 65.2 Å². The molecule has 2 aromatic carbocycles. The normalized spacial score (nSPS) is 12.2. The van der Waals surface area contributed by atoms with Gasteiger partial charge in [-0.25, -0.2) is 0 Å². The maximum Gasteiger partial charge on any atom is 0.118 e. The maximum atomic E-state index is 5.16. The Morgan fingerprint density at radius 1 is 1.00 bits per heavy atom. The molecule has 0 aliphatic carbocycles. The standard InChI is InChI=1S/C18H23NO/c1-14-4-8-17(9-5-14)15(2)19-13-12-16-6-10-18(20-3)11-7-16/h4-11,15,19H,12-13H2,1-3H3/t15-/m0/s1. The van der Waals surface area contributed by atoms with Gasteiger partial charge in [0.2, 0.25) is 0 Å². The Kier molecular flexibility index (Phi) is 5.19. The molecule has 1 N–H and O–H groups in total. The van der Waals surface area contributed by atoms with Crippen molar-refractivity contribution in [2.75, 3.05) is 13.7 Å². The van der Waals surface area contributed by atoms with Crippen molar-refractivity contribution < 1.29 is 4.74 Å². The number of nitrogens with one attached hydrogen (secondary N) is 1. The lowest BCUT2D eigenvalue weighted by atomic mass is 10.1. The topological polar surface area (TPSA) is 21.3 Å². The minimum Gasteiger partial charge on any atom is -0.497 e. The molecule has 0 saturated heterocycles. The zero-order valence-corrected chi connectivity index (χ0v) is 12.5. The highest BCUT2D eigenvalue weighted by Gasteiger charge is 2.04. The zero-order chi connectivity index (χ0) is 14.4. The first kappa shape index (κ1) is 14.6. The lowest BCUT2D eigenvalue weighted by Gasteiger charge is -2.14. The Morgan fingerprint density at radius 2 is 1.65 bits per heavy atom. The van der Waals surface area contributed by atoms with E-state index in [9.17, 15) is 0 Å². The number of methoxy groups -OCH3 is 1. The molecule has 0 unspecified atom stereocenters. The molecule has 0 spiro atoms. The Morgan fingerprint density at radius 3 is 2.25 bits per heavy atom. The van der Waals surface area contributed by atoms with E-state index in [1.807, 2.05) is 12.1 Å². The van der Waals surface area contributed by atoms with Gasteiger partial charge in [-0.05, 0) is 50.1 Å². The van der Waals surface area contributed by atoms with Crippen molar-refractivity contribution >= 4 is 0 Å². The third-order valence-electron chi connectivity index (χ3n) is 3.60. The summed E-state index contributed by atoms with van der Waals surface area (Å²) in [6, 6.07) is 17.4. The van der Waals surface area contributed by atoms with E-state index < -0.39 is 0 Å². The summed E-state index contributed by atoms with van der Waals surface area (Å²) >= 11 is 0. The first-order chi connectivity index (χ1) is 9.69. The monoisotopic (exact) mass is 269 g/mol. The number of rotatable bonds is 6. The Bertz CT molecular complexity index is 516. The van der Waals surface area contributed by atoms with Crippen LogP contribution in [0.1, 0.15) is 29.7 Å². The zero-order valence-electron chi connectivity index (χ0n) is 12.5. The van der Waals surface area contributed by atoms with Gasteiger partial charge in [-0.2, -0.15) is 0 Å². The highest BCUT2D eigenvalue weighted by Crippen LogP contribution is 2.14. The van der Waals surface area contributed by atoms with Crippen molar-refractivity contribution in [2.45, 2.75) is 26.3 Å². The second-order valence-corrected chi connectivity index (χ2v) is 5.18. The van der Waals surface area contributed by atoms with Crippen molar-refractivity contribution in [3.63, 3.8) is 0 Å². The van der Waals surface area contributed by atoms with Crippen LogP contribution >= 0.6 is 0 Å². The molecule has 0 aromatic heterocycles. The average Bonchev–Trinajstić information content (AvgIpc) is 2.48. The van der Waals surface area contributed by atoms with E-state index in [2.05, 4.69) is 55.6 Å². The van der Waals surface area contributed by atoms with Crippen molar-refractivity contribution in [2.24, 2.45) is 0 Å². The van der Waals surface area contributed by atoms with Crippen molar-refractivity contribution in [1.29, 1.82) is 0 Å². The van der Waals surface area contributed by atoms with Crippen LogP contribution in [0, 0.1) is 6.92 Å². The summed E-state index contributed by atoms with van der Waals surface area (Å²) in [5, 5.41) is 3.56. The fourth-order valence-corrected chi connectivity index (χ4v) is 2.20. The molecule has 0 fully saturated rings. The third-order valence-corrected chi connectivity index (χ3v) is 3.60. The van der Waals surface area contributed by atoms with E-state index >= 15 is 0 Å². The molecule has 2 rings (SSSR count). The summed E-state index contributed by atoms with van der Waals surface area (Å²) < 4.78 is 5.16. The number of hydrogen-bond donors (Lipinski definition) is 1. The van der Waals surface area contributed by atoms with E-state index in [0.717, 1.165) is 18.7 Å².